The molecule has 7 nitrogen and oxygen atoms in total. The summed E-state index contributed by atoms with van der Waals surface area (Å²) in [6, 6.07) is 3.53. The molecular weight excluding hydrogens is 260 g/mol. The summed E-state index contributed by atoms with van der Waals surface area (Å²) >= 11 is 0. The number of rotatable bonds is 3. The lowest BCUT2D eigenvalue weighted by molar-refractivity contribution is -0.121. The fraction of sp³-hybridized carbons (Fsp3) is 0.385. The summed E-state index contributed by atoms with van der Waals surface area (Å²) in [5.41, 5.74) is 0. The van der Waals surface area contributed by atoms with Crippen molar-refractivity contribution in [3.8, 4) is 5.75 Å². The molecule has 0 fully saturated rings. The molecule has 0 radical (unpaired) electrons. The molecule has 1 aliphatic rings. The molecule has 1 aliphatic heterocycles. The highest BCUT2D eigenvalue weighted by molar-refractivity contribution is 5.96. The second kappa shape index (κ2) is 4.92. The molecule has 2 aromatic rings. The van der Waals surface area contributed by atoms with Gasteiger partial charge in [-0.1, -0.05) is 19.0 Å². The van der Waals surface area contributed by atoms with Crippen LogP contribution in [0.3, 0.4) is 0 Å². The number of carbonyl (C=O) groups is 1. The van der Waals surface area contributed by atoms with Gasteiger partial charge in [0.15, 0.2) is 24.0 Å². The molecule has 0 N–H and O–H groups in total. The van der Waals surface area contributed by atoms with Crippen molar-refractivity contribution < 1.29 is 14.1 Å². The lowest BCUT2D eigenvalue weighted by Crippen LogP contribution is -2.39. The topological polar surface area (TPSA) is 81.4 Å². The third-order valence-corrected chi connectivity index (χ3v) is 2.95. The van der Waals surface area contributed by atoms with Gasteiger partial charge in [0, 0.05) is 12.1 Å². The van der Waals surface area contributed by atoms with Gasteiger partial charge in [0.05, 0.1) is 0 Å². The van der Waals surface area contributed by atoms with Crippen LogP contribution in [0.15, 0.2) is 22.9 Å². The van der Waals surface area contributed by atoms with Crippen molar-refractivity contribution in [1.82, 2.24) is 15.1 Å². The number of amides is 1. The average molecular weight is 274 g/mol. The molecule has 0 bridgehead atoms. The van der Waals surface area contributed by atoms with Gasteiger partial charge in [-0.3, -0.25) is 9.69 Å². The molecule has 104 valence electrons. The van der Waals surface area contributed by atoms with Crippen molar-refractivity contribution in [1.29, 1.82) is 0 Å². The predicted octanol–water partition coefficient (Wildman–Crippen LogP) is 1.51. The molecule has 7 heteroatoms. The quantitative estimate of drug-likeness (QED) is 0.844. The van der Waals surface area contributed by atoms with Crippen LogP contribution in [0, 0.1) is 0 Å². The number of nitrogens with zero attached hydrogens (tertiary/aromatic N) is 4. The van der Waals surface area contributed by atoms with E-state index in [1.165, 1.54) is 4.90 Å². The van der Waals surface area contributed by atoms with Crippen molar-refractivity contribution in [3.05, 3.63) is 30.0 Å². The van der Waals surface area contributed by atoms with Crippen LogP contribution >= 0.6 is 0 Å². The van der Waals surface area contributed by atoms with Crippen molar-refractivity contribution in [2.75, 3.05) is 11.5 Å². The Morgan fingerprint density at radius 3 is 3.05 bits per heavy atom. The van der Waals surface area contributed by atoms with Crippen LogP contribution in [-0.2, 0) is 11.3 Å². The molecule has 0 unspecified atom stereocenters. The van der Waals surface area contributed by atoms with Crippen molar-refractivity contribution in [2.24, 2.45) is 0 Å². The molecule has 2 aromatic heterocycles. The van der Waals surface area contributed by atoms with E-state index in [2.05, 4.69) is 15.1 Å². The monoisotopic (exact) mass is 274 g/mol. The highest BCUT2D eigenvalue weighted by atomic mass is 16.5. The number of ether oxygens (including phenoxy) is 1. The standard InChI is InChI=1S/C13H14N4O3/c1-8(2)12-15-10(20-16-12)6-17-11(18)7-19-9-4-3-5-14-13(9)17/h3-5,8H,6-7H2,1-2H3. The molecule has 0 spiro atoms. The van der Waals surface area contributed by atoms with E-state index in [9.17, 15) is 4.79 Å². The van der Waals surface area contributed by atoms with Crippen LogP contribution in [0.25, 0.3) is 0 Å². The summed E-state index contributed by atoms with van der Waals surface area (Å²) < 4.78 is 10.5. The Hall–Kier alpha value is -2.44. The van der Waals surface area contributed by atoms with Gasteiger partial charge in [-0.25, -0.2) is 4.98 Å². The number of pyridine rings is 1. The smallest absolute Gasteiger partial charge is 0.266 e. The van der Waals surface area contributed by atoms with Gasteiger partial charge in [0.1, 0.15) is 6.54 Å². The van der Waals surface area contributed by atoms with Crippen LogP contribution in [0.2, 0.25) is 0 Å². The number of fused-ring (bicyclic) bond motifs is 1. The molecule has 3 heterocycles. The zero-order valence-electron chi connectivity index (χ0n) is 11.2. The van der Waals surface area contributed by atoms with E-state index >= 15 is 0 Å². The Morgan fingerprint density at radius 2 is 2.30 bits per heavy atom. The minimum Gasteiger partial charge on any atom is -0.480 e. The van der Waals surface area contributed by atoms with Crippen molar-refractivity contribution >= 4 is 11.7 Å². The summed E-state index contributed by atoms with van der Waals surface area (Å²) in [6.07, 6.45) is 1.61. The first-order valence-electron chi connectivity index (χ1n) is 6.36. The highest BCUT2D eigenvalue weighted by Crippen LogP contribution is 2.30. The third-order valence-electron chi connectivity index (χ3n) is 2.95. The highest BCUT2D eigenvalue weighted by Gasteiger charge is 2.28. The van der Waals surface area contributed by atoms with E-state index in [-0.39, 0.29) is 25.0 Å². The molecule has 0 atom stereocenters. The molecule has 0 aromatic carbocycles. The summed E-state index contributed by atoms with van der Waals surface area (Å²) in [5, 5.41) is 3.89. The molecular formula is C13H14N4O3. The molecule has 3 rings (SSSR count). The number of hydrogen-bond acceptors (Lipinski definition) is 6. The van der Waals surface area contributed by atoms with Gasteiger partial charge in [-0.15, -0.1) is 0 Å². The summed E-state index contributed by atoms with van der Waals surface area (Å²) in [7, 11) is 0. The Bertz CT molecular complexity index is 638. The lowest BCUT2D eigenvalue weighted by Gasteiger charge is -2.26. The minimum atomic E-state index is -0.180. The van der Waals surface area contributed by atoms with Gasteiger partial charge in [0.25, 0.3) is 5.91 Å². The molecule has 1 amide bonds. The van der Waals surface area contributed by atoms with Crippen molar-refractivity contribution in [3.63, 3.8) is 0 Å². The summed E-state index contributed by atoms with van der Waals surface area (Å²) in [5.74, 6) is 2.07. The summed E-state index contributed by atoms with van der Waals surface area (Å²) in [4.78, 5) is 21.9. The Morgan fingerprint density at radius 1 is 1.45 bits per heavy atom. The Labute approximate surface area is 115 Å². The van der Waals surface area contributed by atoms with Gasteiger partial charge >= 0.3 is 0 Å². The number of anilines is 1. The summed E-state index contributed by atoms with van der Waals surface area (Å²) in [6.45, 7) is 4.15. The number of aromatic nitrogens is 3. The maximum Gasteiger partial charge on any atom is 0.266 e. The zero-order valence-corrected chi connectivity index (χ0v) is 11.2. The third kappa shape index (κ3) is 2.22. The first kappa shape index (κ1) is 12.6. The number of carbonyl (C=O) groups excluding carboxylic acids is 1. The van der Waals surface area contributed by atoms with Crippen LogP contribution in [-0.4, -0.2) is 27.6 Å². The van der Waals surface area contributed by atoms with E-state index in [1.807, 2.05) is 13.8 Å². The fourth-order valence-electron chi connectivity index (χ4n) is 1.90. The van der Waals surface area contributed by atoms with Gasteiger partial charge < -0.3 is 9.26 Å². The SMILES string of the molecule is CC(C)c1noc(CN2C(=O)COc3cccnc32)n1. The van der Waals surface area contributed by atoms with Crippen LogP contribution in [0.5, 0.6) is 5.75 Å². The van der Waals surface area contributed by atoms with Gasteiger partial charge in [-0.05, 0) is 12.1 Å². The second-order valence-corrected chi connectivity index (χ2v) is 4.79. The van der Waals surface area contributed by atoms with Crippen LogP contribution in [0.1, 0.15) is 31.5 Å². The van der Waals surface area contributed by atoms with Gasteiger partial charge in [0.2, 0.25) is 5.89 Å². The molecule has 0 saturated heterocycles. The van der Waals surface area contributed by atoms with Gasteiger partial charge in [-0.2, -0.15) is 4.98 Å². The second-order valence-electron chi connectivity index (χ2n) is 4.79. The Kier molecular flexibility index (Phi) is 3.09. The van der Waals surface area contributed by atoms with E-state index in [1.54, 1.807) is 18.3 Å². The molecule has 0 saturated carbocycles. The van der Waals surface area contributed by atoms with E-state index in [0.29, 0.717) is 23.3 Å². The molecule has 0 aliphatic carbocycles. The van der Waals surface area contributed by atoms with Crippen molar-refractivity contribution in [2.45, 2.75) is 26.3 Å². The predicted molar refractivity (Wildman–Crippen MR) is 69.3 cm³/mol. The largest absolute Gasteiger partial charge is 0.480 e. The normalized spacial score (nSPS) is 14.3. The lowest BCUT2D eigenvalue weighted by atomic mass is 10.2. The average Bonchev–Trinajstić information content (AvgIpc) is 2.91. The number of hydrogen-bond donors (Lipinski definition) is 0. The van der Waals surface area contributed by atoms with E-state index in [0.717, 1.165) is 0 Å². The first-order valence-corrected chi connectivity index (χ1v) is 6.36. The Balaban J connectivity index is 1.87. The maximum atomic E-state index is 12.0. The molecule has 20 heavy (non-hydrogen) atoms. The first-order chi connectivity index (χ1) is 9.65. The van der Waals surface area contributed by atoms with Crippen LogP contribution in [0.4, 0.5) is 5.82 Å². The zero-order chi connectivity index (χ0) is 14.1. The minimum absolute atomic E-state index is 0.0101. The van der Waals surface area contributed by atoms with Crippen LogP contribution < -0.4 is 9.64 Å². The fourth-order valence-corrected chi connectivity index (χ4v) is 1.90. The maximum absolute atomic E-state index is 12.0. The van der Waals surface area contributed by atoms with E-state index < -0.39 is 0 Å². The van der Waals surface area contributed by atoms with E-state index in [4.69, 9.17) is 9.26 Å².